The van der Waals surface area contributed by atoms with Crippen molar-refractivity contribution in [1.29, 1.82) is 0 Å². The van der Waals surface area contributed by atoms with E-state index in [1.807, 2.05) is 12.3 Å². The van der Waals surface area contributed by atoms with E-state index in [-0.39, 0.29) is 6.04 Å². The third-order valence-electron chi connectivity index (χ3n) is 3.65. The summed E-state index contributed by atoms with van der Waals surface area (Å²) in [4.78, 5) is 9.21. The lowest BCUT2D eigenvalue weighted by Crippen LogP contribution is -2.41. The Hall–Kier alpha value is -1.13. The van der Waals surface area contributed by atoms with Crippen LogP contribution in [0.5, 0.6) is 0 Å². The van der Waals surface area contributed by atoms with Crippen LogP contribution < -0.4 is 10.6 Å². The quantitative estimate of drug-likeness (QED) is 0.791. The lowest BCUT2D eigenvalue weighted by Gasteiger charge is -2.32. The average molecular weight is 278 g/mol. The molecule has 4 heteroatoms. The highest BCUT2D eigenvalue weighted by Crippen LogP contribution is 2.21. The highest BCUT2D eigenvalue weighted by Gasteiger charge is 2.18. The van der Waals surface area contributed by atoms with Crippen LogP contribution >= 0.6 is 0 Å². The molecule has 0 fully saturated rings. The summed E-state index contributed by atoms with van der Waals surface area (Å²) in [6, 6.07) is 4.80. The van der Waals surface area contributed by atoms with E-state index < -0.39 is 0 Å². The van der Waals surface area contributed by atoms with Gasteiger partial charge in [-0.1, -0.05) is 13.0 Å². The lowest BCUT2D eigenvalue weighted by atomic mass is 10.0. The Kier molecular flexibility index (Phi) is 6.96. The standard InChI is InChI=1S/C16H30N4/c1-6-15(17)11-14-9-8-10-18-16(14)20(7-2)13(3)12-19(4)5/h8-10,13,15H,6-7,11-12,17H2,1-5H3. The van der Waals surface area contributed by atoms with Crippen LogP contribution in [-0.4, -0.2) is 49.2 Å². The summed E-state index contributed by atoms with van der Waals surface area (Å²) in [5.74, 6) is 1.09. The first-order valence-corrected chi connectivity index (χ1v) is 7.60. The third-order valence-corrected chi connectivity index (χ3v) is 3.65. The van der Waals surface area contributed by atoms with Gasteiger partial charge in [0.1, 0.15) is 5.82 Å². The van der Waals surface area contributed by atoms with Crippen molar-refractivity contribution in [3.05, 3.63) is 23.9 Å². The number of pyridine rings is 1. The molecule has 1 aromatic rings. The molecule has 1 rings (SSSR count). The maximum Gasteiger partial charge on any atom is 0.132 e. The molecule has 1 heterocycles. The van der Waals surface area contributed by atoms with Gasteiger partial charge >= 0.3 is 0 Å². The van der Waals surface area contributed by atoms with Gasteiger partial charge in [-0.25, -0.2) is 4.98 Å². The minimum atomic E-state index is 0.209. The maximum absolute atomic E-state index is 6.12. The molecule has 20 heavy (non-hydrogen) atoms. The van der Waals surface area contributed by atoms with Crippen molar-refractivity contribution in [2.75, 3.05) is 32.1 Å². The van der Waals surface area contributed by atoms with E-state index in [4.69, 9.17) is 5.73 Å². The molecule has 2 atom stereocenters. The predicted molar refractivity (Wildman–Crippen MR) is 87.2 cm³/mol. The summed E-state index contributed by atoms with van der Waals surface area (Å²) in [5.41, 5.74) is 7.38. The van der Waals surface area contributed by atoms with E-state index in [0.717, 1.165) is 31.7 Å². The molecule has 1 aromatic heterocycles. The molecular weight excluding hydrogens is 248 g/mol. The van der Waals surface area contributed by atoms with Crippen LogP contribution in [0.4, 0.5) is 5.82 Å². The molecule has 0 radical (unpaired) electrons. The molecule has 0 aliphatic heterocycles. The molecule has 2 unspecified atom stereocenters. The SMILES string of the molecule is CCC(N)Cc1cccnc1N(CC)C(C)CN(C)C. The van der Waals surface area contributed by atoms with E-state index in [9.17, 15) is 0 Å². The summed E-state index contributed by atoms with van der Waals surface area (Å²) in [5, 5.41) is 0. The van der Waals surface area contributed by atoms with Gasteiger partial charge in [-0.3, -0.25) is 0 Å². The van der Waals surface area contributed by atoms with Gasteiger partial charge in [-0.15, -0.1) is 0 Å². The first kappa shape index (κ1) is 16.9. The molecule has 0 bridgehead atoms. The number of hydrogen-bond acceptors (Lipinski definition) is 4. The van der Waals surface area contributed by atoms with E-state index in [2.05, 4.69) is 55.7 Å². The molecule has 4 nitrogen and oxygen atoms in total. The van der Waals surface area contributed by atoms with E-state index in [1.54, 1.807) is 0 Å². The summed E-state index contributed by atoms with van der Waals surface area (Å²) < 4.78 is 0. The fourth-order valence-electron chi connectivity index (χ4n) is 2.57. The summed E-state index contributed by atoms with van der Waals surface area (Å²) >= 11 is 0. The number of hydrogen-bond donors (Lipinski definition) is 1. The zero-order valence-electron chi connectivity index (χ0n) is 13.6. The van der Waals surface area contributed by atoms with Crippen molar-refractivity contribution >= 4 is 5.82 Å². The van der Waals surface area contributed by atoms with E-state index in [1.165, 1.54) is 5.56 Å². The van der Waals surface area contributed by atoms with Crippen LogP contribution in [0, 0.1) is 0 Å². The van der Waals surface area contributed by atoms with Crippen LogP contribution in [0.3, 0.4) is 0 Å². The molecular formula is C16H30N4. The van der Waals surface area contributed by atoms with E-state index >= 15 is 0 Å². The Morgan fingerprint density at radius 3 is 2.55 bits per heavy atom. The predicted octanol–water partition coefficient (Wildman–Crippen LogP) is 2.14. The number of likely N-dealkylation sites (N-methyl/N-ethyl adjacent to an activating group) is 2. The Labute approximate surface area is 124 Å². The van der Waals surface area contributed by atoms with Gasteiger partial charge in [0.15, 0.2) is 0 Å². The van der Waals surface area contributed by atoms with Crippen LogP contribution in [0.25, 0.3) is 0 Å². The van der Waals surface area contributed by atoms with Crippen LogP contribution in [0.15, 0.2) is 18.3 Å². The van der Waals surface area contributed by atoms with Crippen molar-refractivity contribution in [3.8, 4) is 0 Å². The second-order valence-electron chi connectivity index (χ2n) is 5.76. The lowest BCUT2D eigenvalue weighted by molar-refractivity contribution is 0.372. The summed E-state index contributed by atoms with van der Waals surface area (Å²) in [6.45, 7) is 8.54. The first-order valence-electron chi connectivity index (χ1n) is 7.60. The summed E-state index contributed by atoms with van der Waals surface area (Å²) in [7, 11) is 4.22. The van der Waals surface area contributed by atoms with Gasteiger partial charge in [0.25, 0.3) is 0 Å². The number of aromatic nitrogens is 1. The monoisotopic (exact) mass is 278 g/mol. The fourth-order valence-corrected chi connectivity index (χ4v) is 2.57. The zero-order chi connectivity index (χ0) is 15.1. The van der Waals surface area contributed by atoms with Crippen LogP contribution in [0.1, 0.15) is 32.8 Å². The Balaban J connectivity index is 2.96. The van der Waals surface area contributed by atoms with Crippen molar-refractivity contribution in [2.24, 2.45) is 5.73 Å². The molecule has 0 amide bonds. The second-order valence-corrected chi connectivity index (χ2v) is 5.76. The molecule has 114 valence electrons. The normalized spacial score (nSPS) is 14.3. The van der Waals surface area contributed by atoms with Gasteiger partial charge in [0, 0.05) is 31.4 Å². The van der Waals surface area contributed by atoms with Gasteiger partial charge in [-0.2, -0.15) is 0 Å². The second kappa shape index (κ2) is 8.22. The highest BCUT2D eigenvalue weighted by atomic mass is 15.2. The number of nitrogens with zero attached hydrogens (tertiary/aromatic N) is 3. The largest absolute Gasteiger partial charge is 0.353 e. The maximum atomic E-state index is 6.12. The van der Waals surface area contributed by atoms with Crippen molar-refractivity contribution < 1.29 is 0 Å². The minimum Gasteiger partial charge on any atom is -0.353 e. The average Bonchev–Trinajstić information content (AvgIpc) is 2.40. The fraction of sp³-hybridized carbons (Fsp3) is 0.688. The van der Waals surface area contributed by atoms with Crippen molar-refractivity contribution in [2.45, 2.75) is 45.7 Å². The first-order chi connectivity index (χ1) is 9.49. The molecule has 0 aromatic carbocycles. The van der Waals surface area contributed by atoms with Gasteiger partial charge in [-0.05, 0) is 52.4 Å². The summed E-state index contributed by atoms with van der Waals surface area (Å²) in [6.07, 6.45) is 3.76. The van der Waals surface area contributed by atoms with Gasteiger partial charge in [0.2, 0.25) is 0 Å². The number of anilines is 1. The van der Waals surface area contributed by atoms with Crippen molar-refractivity contribution in [3.63, 3.8) is 0 Å². The Morgan fingerprint density at radius 1 is 1.30 bits per heavy atom. The smallest absolute Gasteiger partial charge is 0.132 e. The molecule has 0 aliphatic rings. The minimum absolute atomic E-state index is 0.209. The number of nitrogens with two attached hydrogens (primary N) is 1. The van der Waals surface area contributed by atoms with E-state index in [0.29, 0.717) is 6.04 Å². The topological polar surface area (TPSA) is 45.4 Å². The number of rotatable bonds is 8. The molecule has 0 saturated heterocycles. The van der Waals surface area contributed by atoms with Crippen molar-refractivity contribution in [1.82, 2.24) is 9.88 Å². The zero-order valence-corrected chi connectivity index (χ0v) is 13.6. The molecule has 0 aliphatic carbocycles. The van der Waals surface area contributed by atoms with Crippen LogP contribution in [-0.2, 0) is 6.42 Å². The third kappa shape index (κ3) is 4.76. The molecule has 0 saturated carbocycles. The Bertz CT molecular complexity index is 392. The molecule has 0 spiro atoms. The molecule has 2 N–H and O–H groups in total. The van der Waals surface area contributed by atoms with Gasteiger partial charge in [0.05, 0.1) is 0 Å². The Morgan fingerprint density at radius 2 is 2.00 bits per heavy atom. The van der Waals surface area contributed by atoms with Crippen LogP contribution in [0.2, 0.25) is 0 Å². The van der Waals surface area contributed by atoms with Gasteiger partial charge < -0.3 is 15.5 Å². The highest BCUT2D eigenvalue weighted by molar-refractivity contribution is 5.48.